The Labute approximate surface area is 128 Å². The molecule has 0 radical (unpaired) electrons. The molecule has 0 saturated heterocycles. The van der Waals surface area contributed by atoms with E-state index in [1.54, 1.807) is 6.20 Å². The van der Waals surface area contributed by atoms with Crippen LogP contribution in [0.25, 0.3) is 11.0 Å². The van der Waals surface area contributed by atoms with Crippen molar-refractivity contribution < 1.29 is 0 Å². The summed E-state index contributed by atoms with van der Waals surface area (Å²) < 4.78 is 0. The molecule has 0 saturated carbocycles. The second-order valence-corrected chi connectivity index (χ2v) is 5.86. The summed E-state index contributed by atoms with van der Waals surface area (Å²) in [4.78, 5) is 11.2. The predicted molar refractivity (Wildman–Crippen MR) is 86.2 cm³/mol. The zero-order valence-corrected chi connectivity index (χ0v) is 12.7. The smallest absolute Gasteiger partial charge is 0.229 e. The number of rotatable bonds is 2. The zero-order chi connectivity index (χ0) is 15.1. The standard InChI is InChI=1S/C16H18N6/c1-10-14-8-17-16(19-15(14)21-20-10)18-13-4-3-11-5-6-22(2)9-12(11)7-13/h3-4,7-8H,5-6,9H2,1-2H3,(H2,17,18,19,20,21). The number of nitrogens with one attached hydrogen (secondary N) is 2. The fraction of sp³-hybridized carbons (Fsp3) is 0.312. The number of likely N-dealkylation sites (N-methyl/N-ethyl adjacent to an activating group) is 1. The van der Waals surface area contributed by atoms with Crippen molar-refractivity contribution in [1.29, 1.82) is 0 Å². The third-order valence-corrected chi connectivity index (χ3v) is 4.17. The largest absolute Gasteiger partial charge is 0.324 e. The van der Waals surface area contributed by atoms with Crippen LogP contribution in [0.5, 0.6) is 0 Å². The molecule has 0 atom stereocenters. The maximum atomic E-state index is 4.47. The number of fused-ring (bicyclic) bond motifs is 2. The van der Waals surface area contributed by atoms with E-state index in [2.05, 4.69) is 55.6 Å². The summed E-state index contributed by atoms with van der Waals surface area (Å²) in [7, 11) is 2.15. The van der Waals surface area contributed by atoms with Crippen LogP contribution < -0.4 is 5.32 Å². The van der Waals surface area contributed by atoms with Gasteiger partial charge in [-0.05, 0) is 43.7 Å². The fourth-order valence-corrected chi connectivity index (χ4v) is 2.89. The lowest BCUT2D eigenvalue weighted by atomic mass is 9.99. The van der Waals surface area contributed by atoms with Gasteiger partial charge in [0.2, 0.25) is 5.95 Å². The molecule has 4 rings (SSSR count). The molecule has 1 aliphatic heterocycles. The first kappa shape index (κ1) is 13.2. The number of aromatic nitrogens is 4. The summed E-state index contributed by atoms with van der Waals surface area (Å²) in [5.74, 6) is 0.584. The van der Waals surface area contributed by atoms with Gasteiger partial charge < -0.3 is 10.2 Å². The quantitative estimate of drug-likeness (QED) is 0.759. The minimum absolute atomic E-state index is 0.584. The first-order chi connectivity index (χ1) is 10.7. The highest BCUT2D eigenvalue weighted by atomic mass is 15.2. The molecule has 3 heterocycles. The summed E-state index contributed by atoms with van der Waals surface area (Å²) in [5, 5.41) is 11.3. The van der Waals surface area contributed by atoms with Crippen molar-refractivity contribution in [3.05, 3.63) is 41.2 Å². The van der Waals surface area contributed by atoms with Crippen LogP contribution in [0.2, 0.25) is 0 Å². The van der Waals surface area contributed by atoms with Crippen LogP contribution in [0, 0.1) is 6.92 Å². The van der Waals surface area contributed by atoms with Crippen LogP contribution in [0.4, 0.5) is 11.6 Å². The summed E-state index contributed by atoms with van der Waals surface area (Å²) in [6.07, 6.45) is 2.91. The lowest BCUT2D eigenvalue weighted by Crippen LogP contribution is -2.26. The second-order valence-electron chi connectivity index (χ2n) is 5.86. The fourth-order valence-electron chi connectivity index (χ4n) is 2.89. The molecule has 0 unspecified atom stereocenters. The van der Waals surface area contributed by atoms with E-state index in [0.717, 1.165) is 41.9 Å². The van der Waals surface area contributed by atoms with Crippen LogP contribution in [0.15, 0.2) is 24.4 Å². The summed E-state index contributed by atoms with van der Waals surface area (Å²) in [5.41, 5.74) is 5.50. The Balaban J connectivity index is 1.63. The van der Waals surface area contributed by atoms with Gasteiger partial charge in [0.25, 0.3) is 0 Å². The molecule has 0 fully saturated rings. The number of nitrogens with zero attached hydrogens (tertiary/aromatic N) is 4. The van der Waals surface area contributed by atoms with E-state index in [9.17, 15) is 0 Å². The molecule has 2 N–H and O–H groups in total. The first-order valence-electron chi connectivity index (χ1n) is 7.44. The van der Waals surface area contributed by atoms with E-state index in [1.165, 1.54) is 11.1 Å². The average molecular weight is 294 g/mol. The van der Waals surface area contributed by atoms with E-state index in [1.807, 2.05) is 6.92 Å². The summed E-state index contributed by atoms with van der Waals surface area (Å²) >= 11 is 0. The second kappa shape index (κ2) is 5.06. The van der Waals surface area contributed by atoms with E-state index in [0.29, 0.717) is 5.95 Å². The van der Waals surface area contributed by atoms with Gasteiger partial charge in [-0.15, -0.1) is 0 Å². The maximum Gasteiger partial charge on any atom is 0.229 e. The molecular formula is C16H18N6. The molecule has 3 aromatic rings. The van der Waals surface area contributed by atoms with Gasteiger partial charge in [0.1, 0.15) is 0 Å². The molecule has 112 valence electrons. The van der Waals surface area contributed by atoms with Gasteiger partial charge >= 0.3 is 0 Å². The molecule has 0 aliphatic carbocycles. The van der Waals surface area contributed by atoms with E-state index < -0.39 is 0 Å². The number of anilines is 2. The SMILES string of the molecule is Cc1n[nH]c2nc(Nc3ccc4c(c3)CN(C)CC4)ncc12. The van der Waals surface area contributed by atoms with Gasteiger partial charge in [-0.1, -0.05) is 6.07 Å². The van der Waals surface area contributed by atoms with Crippen molar-refractivity contribution in [2.24, 2.45) is 0 Å². The Hall–Kier alpha value is -2.47. The highest BCUT2D eigenvalue weighted by Crippen LogP contribution is 2.23. The van der Waals surface area contributed by atoms with Gasteiger partial charge in [0, 0.05) is 25.0 Å². The van der Waals surface area contributed by atoms with E-state index >= 15 is 0 Å². The molecule has 0 amide bonds. The first-order valence-corrected chi connectivity index (χ1v) is 7.44. The van der Waals surface area contributed by atoms with Crippen LogP contribution in [0.1, 0.15) is 16.8 Å². The Morgan fingerprint density at radius 1 is 1.27 bits per heavy atom. The molecule has 6 nitrogen and oxygen atoms in total. The van der Waals surface area contributed by atoms with Crippen LogP contribution >= 0.6 is 0 Å². The highest BCUT2D eigenvalue weighted by molar-refractivity contribution is 5.77. The number of hydrogen-bond donors (Lipinski definition) is 2. The van der Waals surface area contributed by atoms with Crippen LogP contribution in [0.3, 0.4) is 0 Å². The Kier molecular flexibility index (Phi) is 3.04. The van der Waals surface area contributed by atoms with E-state index in [-0.39, 0.29) is 0 Å². The Bertz CT molecular complexity index is 838. The third-order valence-electron chi connectivity index (χ3n) is 4.17. The third kappa shape index (κ3) is 2.31. The van der Waals surface area contributed by atoms with Gasteiger partial charge in [0.05, 0.1) is 11.1 Å². The van der Waals surface area contributed by atoms with Gasteiger partial charge in [0.15, 0.2) is 5.65 Å². The molecular weight excluding hydrogens is 276 g/mol. The lowest BCUT2D eigenvalue weighted by molar-refractivity contribution is 0.313. The molecule has 0 spiro atoms. The minimum Gasteiger partial charge on any atom is -0.324 e. The maximum absolute atomic E-state index is 4.47. The topological polar surface area (TPSA) is 69.7 Å². The zero-order valence-electron chi connectivity index (χ0n) is 12.7. The lowest BCUT2D eigenvalue weighted by Gasteiger charge is -2.25. The van der Waals surface area contributed by atoms with E-state index in [4.69, 9.17) is 0 Å². The van der Waals surface area contributed by atoms with Crippen molar-refractivity contribution in [1.82, 2.24) is 25.1 Å². The molecule has 22 heavy (non-hydrogen) atoms. The van der Waals surface area contributed by atoms with Crippen molar-refractivity contribution >= 4 is 22.7 Å². The normalized spacial score (nSPS) is 15.0. The van der Waals surface area contributed by atoms with Crippen molar-refractivity contribution in [3.8, 4) is 0 Å². The molecule has 1 aromatic carbocycles. The molecule has 0 bridgehead atoms. The highest BCUT2D eigenvalue weighted by Gasteiger charge is 2.13. The van der Waals surface area contributed by atoms with Crippen molar-refractivity contribution in [2.75, 3.05) is 18.9 Å². The Morgan fingerprint density at radius 3 is 3.09 bits per heavy atom. The van der Waals surface area contributed by atoms with Crippen molar-refractivity contribution in [3.63, 3.8) is 0 Å². The van der Waals surface area contributed by atoms with Gasteiger partial charge in [-0.2, -0.15) is 10.1 Å². The summed E-state index contributed by atoms with van der Waals surface area (Å²) in [6, 6.07) is 6.48. The minimum atomic E-state index is 0.584. The van der Waals surface area contributed by atoms with Crippen molar-refractivity contribution in [2.45, 2.75) is 19.9 Å². The Morgan fingerprint density at radius 2 is 2.18 bits per heavy atom. The number of hydrogen-bond acceptors (Lipinski definition) is 5. The molecule has 1 aliphatic rings. The average Bonchev–Trinajstić information content (AvgIpc) is 2.88. The van der Waals surface area contributed by atoms with Crippen LogP contribution in [-0.4, -0.2) is 38.7 Å². The predicted octanol–water partition coefficient (Wildman–Crippen LogP) is 2.39. The monoisotopic (exact) mass is 294 g/mol. The molecule has 2 aromatic heterocycles. The number of aromatic amines is 1. The van der Waals surface area contributed by atoms with Crippen LogP contribution in [-0.2, 0) is 13.0 Å². The van der Waals surface area contributed by atoms with Gasteiger partial charge in [-0.25, -0.2) is 4.98 Å². The number of benzene rings is 1. The van der Waals surface area contributed by atoms with Gasteiger partial charge in [-0.3, -0.25) is 5.10 Å². The molecule has 6 heteroatoms. The number of aryl methyl sites for hydroxylation is 1. The number of H-pyrrole nitrogens is 1. The summed E-state index contributed by atoms with van der Waals surface area (Å²) in [6.45, 7) is 4.05.